The van der Waals surface area contributed by atoms with E-state index in [0.29, 0.717) is 16.3 Å². The lowest BCUT2D eigenvalue weighted by Gasteiger charge is -2.08. The number of hydrogen-bond acceptors (Lipinski definition) is 2. The lowest BCUT2D eigenvalue weighted by Crippen LogP contribution is -2.11. The molecule has 2 rings (SSSR count). The van der Waals surface area contributed by atoms with Gasteiger partial charge in [0.05, 0.1) is 5.02 Å². The molecule has 0 aliphatic carbocycles. The van der Waals surface area contributed by atoms with Crippen molar-refractivity contribution in [2.45, 2.75) is 6.92 Å². The van der Waals surface area contributed by atoms with Gasteiger partial charge in [0.15, 0.2) is 12.4 Å². The maximum atomic E-state index is 12.7. The van der Waals surface area contributed by atoms with Crippen molar-refractivity contribution in [3.8, 4) is 5.75 Å². The number of Topliss-reactive ketones (excluding diaryl/α,β-unsaturated/α-hetero) is 1. The number of ketones is 1. The summed E-state index contributed by atoms with van der Waals surface area (Å²) >= 11 is 5.99. The predicted molar refractivity (Wildman–Crippen MR) is 72.4 cm³/mol. The summed E-state index contributed by atoms with van der Waals surface area (Å²) in [5.41, 5.74) is 1.42. The van der Waals surface area contributed by atoms with Crippen LogP contribution in [0.25, 0.3) is 0 Å². The minimum absolute atomic E-state index is 0.131. The highest BCUT2D eigenvalue weighted by atomic mass is 35.5. The van der Waals surface area contributed by atoms with Crippen LogP contribution in [0, 0.1) is 12.7 Å². The molecule has 19 heavy (non-hydrogen) atoms. The van der Waals surface area contributed by atoms with Gasteiger partial charge in [0, 0.05) is 5.56 Å². The van der Waals surface area contributed by atoms with Crippen molar-refractivity contribution in [3.63, 3.8) is 0 Å². The van der Waals surface area contributed by atoms with Crippen molar-refractivity contribution in [2.24, 2.45) is 0 Å². The van der Waals surface area contributed by atoms with E-state index in [2.05, 4.69) is 0 Å². The fourth-order valence-corrected chi connectivity index (χ4v) is 1.87. The minimum Gasteiger partial charge on any atom is -0.484 e. The van der Waals surface area contributed by atoms with E-state index in [1.54, 1.807) is 12.1 Å². The van der Waals surface area contributed by atoms with Crippen LogP contribution in [0.4, 0.5) is 4.39 Å². The molecule has 98 valence electrons. The van der Waals surface area contributed by atoms with E-state index in [-0.39, 0.29) is 18.2 Å². The van der Waals surface area contributed by atoms with Crippen molar-refractivity contribution in [1.29, 1.82) is 0 Å². The van der Waals surface area contributed by atoms with Gasteiger partial charge in [0.1, 0.15) is 11.6 Å². The van der Waals surface area contributed by atoms with Crippen LogP contribution in [0.15, 0.2) is 42.5 Å². The smallest absolute Gasteiger partial charge is 0.200 e. The summed E-state index contributed by atoms with van der Waals surface area (Å²) in [6.45, 7) is 1.79. The van der Waals surface area contributed by atoms with Gasteiger partial charge in [-0.2, -0.15) is 0 Å². The van der Waals surface area contributed by atoms with E-state index >= 15 is 0 Å². The molecule has 0 amide bonds. The molecule has 0 saturated carbocycles. The van der Waals surface area contributed by atoms with Crippen LogP contribution in [-0.4, -0.2) is 12.4 Å². The van der Waals surface area contributed by atoms with Gasteiger partial charge in [-0.3, -0.25) is 4.79 Å². The molecule has 0 atom stereocenters. The number of hydrogen-bond donors (Lipinski definition) is 0. The zero-order chi connectivity index (χ0) is 13.8. The molecule has 2 nitrogen and oxygen atoms in total. The maximum Gasteiger partial charge on any atom is 0.200 e. The lowest BCUT2D eigenvalue weighted by molar-refractivity contribution is 0.0921. The van der Waals surface area contributed by atoms with Crippen LogP contribution in [0.2, 0.25) is 5.02 Å². The first-order chi connectivity index (χ1) is 9.06. The number of aryl methyl sites for hydroxylation is 1. The molecule has 0 fully saturated rings. The van der Waals surface area contributed by atoms with E-state index in [0.717, 1.165) is 5.56 Å². The van der Waals surface area contributed by atoms with Crippen molar-refractivity contribution in [1.82, 2.24) is 0 Å². The van der Waals surface area contributed by atoms with E-state index in [1.807, 2.05) is 13.0 Å². The molecule has 2 aromatic rings. The fraction of sp³-hybridized carbons (Fsp3) is 0.133. The second-order valence-corrected chi connectivity index (χ2v) is 4.56. The first kappa shape index (κ1) is 13.6. The molecular formula is C15H12ClFO2. The van der Waals surface area contributed by atoms with E-state index in [4.69, 9.17) is 16.3 Å². The van der Waals surface area contributed by atoms with Gasteiger partial charge in [0.25, 0.3) is 0 Å². The molecule has 0 aliphatic heterocycles. The van der Waals surface area contributed by atoms with Gasteiger partial charge in [-0.1, -0.05) is 17.7 Å². The topological polar surface area (TPSA) is 26.3 Å². The first-order valence-corrected chi connectivity index (χ1v) is 6.12. The molecule has 0 bridgehead atoms. The molecule has 0 N–H and O–H groups in total. The molecule has 0 saturated heterocycles. The average Bonchev–Trinajstić information content (AvgIpc) is 2.38. The van der Waals surface area contributed by atoms with Crippen molar-refractivity contribution in [2.75, 3.05) is 6.61 Å². The van der Waals surface area contributed by atoms with Crippen LogP contribution in [0.5, 0.6) is 5.75 Å². The highest BCUT2D eigenvalue weighted by Gasteiger charge is 2.08. The SMILES string of the molecule is Cc1ccc(OCC(=O)c2ccc(F)cc2)c(Cl)c1. The number of carbonyl (C=O) groups excluding carboxylic acids is 1. The van der Waals surface area contributed by atoms with Crippen LogP contribution >= 0.6 is 11.6 Å². The van der Waals surface area contributed by atoms with Gasteiger partial charge < -0.3 is 4.74 Å². The minimum atomic E-state index is -0.376. The Balaban J connectivity index is 2.02. The number of ether oxygens (including phenoxy) is 1. The van der Waals surface area contributed by atoms with Crippen molar-refractivity contribution < 1.29 is 13.9 Å². The Morgan fingerprint density at radius 3 is 2.53 bits per heavy atom. The molecule has 0 heterocycles. The quantitative estimate of drug-likeness (QED) is 0.789. The number of carbonyl (C=O) groups is 1. The van der Waals surface area contributed by atoms with Gasteiger partial charge in [-0.05, 0) is 48.9 Å². The fourth-order valence-electron chi connectivity index (χ4n) is 1.59. The van der Waals surface area contributed by atoms with Crippen LogP contribution in [-0.2, 0) is 0 Å². The van der Waals surface area contributed by atoms with E-state index in [1.165, 1.54) is 24.3 Å². The normalized spacial score (nSPS) is 10.3. The molecule has 0 aliphatic rings. The Kier molecular flexibility index (Phi) is 4.17. The largest absolute Gasteiger partial charge is 0.484 e. The second kappa shape index (κ2) is 5.85. The first-order valence-electron chi connectivity index (χ1n) is 5.74. The number of rotatable bonds is 4. The summed E-state index contributed by atoms with van der Waals surface area (Å²) in [5.74, 6) is -0.140. The Morgan fingerprint density at radius 1 is 1.21 bits per heavy atom. The molecular weight excluding hydrogens is 267 g/mol. The number of benzene rings is 2. The van der Waals surface area contributed by atoms with Crippen molar-refractivity contribution in [3.05, 3.63) is 64.4 Å². The zero-order valence-corrected chi connectivity index (χ0v) is 11.1. The van der Waals surface area contributed by atoms with Crippen molar-refractivity contribution >= 4 is 17.4 Å². The monoisotopic (exact) mass is 278 g/mol. The Bertz CT molecular complexity index is 594. The summed E-state index contributed by atoms with van der Waals surface area (Å²) in [6, 6.07) is 10.7. The molecule has 2 aromatic carbocycles. The van der Waals surface area contributed by atoms with Crippen LogP contribution in [0.1, 0.15) is 15.9 Å². The number of halogens is 2. The highest BCUT2D eigenvalue weighted by molar-refractivity contribution is 6.32. The van der Waals surface area contributed by atoms with Gasteiger partial charge in [0.2, 0.25) is 0 Å². The molecule has 0 unspecified atom stereocenters. The molecule has 0 spiro atoms. The summed E-state index contributed by atoms with van der Waals surface area (Å²) in [6.07, 6.45) is 0. The highest BCUT2D eigenvalue weighted by Crippen LogP contribution is 2.25. The van der Waals surface area contributed by atoms with Gasteiger partial charge in [-0.25, -0.2) is 4.39 Å². The summed E-state index contributed by atoms with van der Waals surface area (Å²) < 4.78 is 18.1. The maximum absolute atomic E-state index is 12.7. The third kappa shape index (κ3) is 3.55. The lowest BCUT2D eigenvalue weighted by atomic mass is 10.1. The molecule has 0 radical (unpaired) electrons. The van der Waals surface area contributed by atoms with Gasteiger partial charge in [-0.15, -0.1) is 0 Å². The Hall–Kier alpha value is -1.87. The third-order valence-corrected chi connectivity index (χ3v) is 2.91. The third-order valence-electron chi connectivity index (χ3n) is 2.61. The average molecular weight is 279 g/mol. The summed E-state index contributed by atoms with van der Waals surface area (Å²) in [7, 11) is 0. The molecule has 4 heteroatoms. The van der Waals surface area contributed by atoms with Crippen LogP contribution < -0.4 is 4.74 Å². The Morgan fingerprint density at radius 2 is 1.89 bits per heavy atom. The predicted octanol–water partition coefficient (Wildman–Crippen LogP) is 4.05. The van der Waals surface area contributed by atoms with Crippen LogP contribution in [0.3, 0.4) is 0 Å². The summed E-state index contributed by atoms with van der Waals surface area (Å²) in [5, 5.41) is 0.465. The van der Waals surface area contributed by atoms with E-state index in [9.17, 15) is 9.18 Å². The van der Waals surface area contributed by atoms with E-state index < -0.39 is 0 Å². The van der Waals surface area contributed by atoms with Gasteiger partial charge >= 0.3 is 0 Å². The summed E-state index contributed by atoms with van der Waals surface area (Å²) in [4.78, 5) is 11.8. The zero-order valence-electron chi connectivity index (χ0n) is 10.3. The standard InChI is InChI=1S/C15H12ClFO2/c1-10-2-7-15(13(16)8-10)19-9-14(18)11-3-5-12(17)6-4-11/h2-8H,9H2,1H3. The molecule has 0 aromatic heterocycles. The second-order valence-electron chi connectivity index (χ2n) is 4.15. The Labute approximate surface area is 115 Å².